The number of anilines is 1. The number of rotatable bonds is 5. The Kier molecular flexibility index (Phi) is 5.63. The van der Waals surface area contributed by atoms with Crippen molar-refractivity contribution in [2.45, 2.75) is 20.4 Å². The normalized spacial score (nSPS) is 11.1. The van der Waals surface area contributed by atoms with Crippen molar-refractivity contribution in [1.82, 2.24) is 4.90 Å². The van der Waals surface area contributed by atoms with Crippen LogP contribution in [0, 0.1) is 13.8 Å². The summed E-state index contributed by atoms with van der Waals surface area (Å²) in [5.41, 5.74) is 3.77. The molecule has 1 N–H and O–H groups in total. The first-order valence-corrected chi connectivity index (χ1v) is 8.98. The average molecular weight is 385 g/mol. The van der Waals surface area contributed by atoms with E-state index in [-0.39, 0.29) is 12.5 Å². The smallest absolute Gasteiger partial charge is 0.336 e. The van der Waals surface area contributed by atoms with Crippen LogP contribution >= 0.6 is 11.6 Å². The number of hydrogen-bond acceptors (Lipinski definition) is 4. The van der Waals surface area contributed by atoms with E-state index in [1.165, 1.54) is 6.07 Å². The second-order valence-electron chi connectivity index (χ2n) is 6.72. The van der Waals surface area contributed by atoms with Crippen LogP contribution < -0.4 is 10.9 Å². The van der Waals surface area contributed by atoms with E-state index in [9.17, 15) is 9.59 Å². The summed E-state index contributed by atoms with van der Waals surface area (Å²) in [7, 11) is 1.83. The lowest BCUT2D eigenvalue weighted by molar-refractivity contribution is -0.117. The Labute approximate surface area is 162 Å². The van der Waals surface area contributed by atoms with Crippen LogP contribution in [0.3, 0.4) is 0 Å². The summed E-state index contributed by atoms with van der Waals surface area (Å²) in [6, 6.07) is 12.5. The minimum Gasteiger partial charge on any atom is -0.423 e. The fourth-order valence-corrected chi connectivity index (χ4v) is 3.14. The molecule has 0 saturated heterocycles. The van der Waals surface area contributed by atoms with Crippen LogP contribution in [0.2, 0.25) is 5.02 Å². The number of likely N-dealkylation sites (N-methyl/N-ethyl adjacent to an activating group) is 1. The lowest BCUT2D eigenvalue weighted by Gasteiger charge is -2.18. The van der Waals surface area contributed by atoms with Gasteiger partial charge in [-0.2, -0.15) is 0 Å². The minimum absolute atomic E-state index is 0.164. The van der Waals surface area contributed by atoms with Gasteiger partial charge in [0, 0.05) is 18.0 Å². The fraction of sp³-hybridized carbons (Fsp3) is 0.238. The molecule has 0 saturated carbocycles. The number of aryl methyl sites for hydroxylation is 2. The maximum absolute atomic E-state index is 12.3. The van der Waals surface area contributed by atoms with Gasteiger partial charge in [-0.05, 0) is 61.9 Å². The number of amides is 1. The minimum atomic E-state index is -0.394. The van der Waals surface area contributed by atoms with E-state index in [1.807, 2.05) is 44.0 Å². The van der Waals surface area contributed by atoms with Crippen molar-refractivity contribution >= 4 is 34.2 Å². The molecule has 0 atom stereocenters. The maximum Gasteiger partial charge on any atom is 0.336 e. The van der Waals surface area contributed by atoms with E-state index < -0.39 is 5.63 Å². The van der Waals surface area contributed by atoms with Gasteiger partial charge in [0.05, 0.1) is 17.3 Å². The van der Waals surface area contributed by atoms with Gasteiger partial charge in [-0.3, -0.25) is 9.69 Å². The molecule has 1 aromatic heterocycles. The van der Waals surface area contributed by atoms with Gasteiger partial charge in [-0.1, -0.05) is 23.7 Å². The zero-order valence-electron chi connectivity index (χ0n) is 15.5. The number of fused-ring (bicyclic) bond motifs is 1. The van der Waals surface area contributed by atoms with Gasteiger partial charge in [-0.15, -0.1) is 0 Å². The van der Waals surface area contributed by atoms with Gasteiger partial charge < -0.3 is 9.73 Å². The maximum atomic E-state index is 12.3. The van der Waals surface area contributed by atoms with E-state index in [2.05, 4.69) is 5.32 Å². The molecule has 0 spiro atoms. The highest BCUT2D eigenvalue weighted by atomic mass is 35.5. The number of hydrogen-bond donors (Lipinski definition) is 1. The summed E-state index contributed by atoms with van der Waals surface area (Å²) >= 11 is 6.07. The third-order valence-electron chi connectivity index (χ3n) is 4.45. The van der Waals surface area contributed by atoms with E-state index in [1.54, 1.807) is 18.2 Å². The largest absolute Gasteiger partial charge is 0.423 e. The van der Waals surface area contributed by atoms with Crippen molar-refractivity contribution in [1.29, 1.82) is 0 Å². The highest BCUT2D eigenvalue weighted by Gasteiger charge is 2.13. The predicted octanol–water partition coefficient (Wildman–Crippen LogP) is 4.13. The summed E-state index contributed by atoms with van der Waals surface area (Å²) in [6.45, 7) is 4.61. The predicted molar refractivity (Wildman–Crippen MR) is 108 cm³/mol. The molecular formula is C21H21ClN2O3. The third-order valence-corrected chi connectivity index (χ3v) is 4.78. The lowest BCUT2D eigenvalue weighted by Crippen LogP contribution is -2.30. The first-order valence-electron chi connectivity index (χ1n) is 8.60. The summed E-state index contributed by atoms with van der Waals surface area (Å²) in [5, 5.41) is 4.18. The highest BCUT2D eigenvalue weighted by molar-refractivity contribution is 6.33. The third kappa shape index (κ3) is 4.56. The number of nitrogens with zero attached hydrogens (tertiary/aromatic N) is 1. The van der Waals surface area contributed by atoms with Crippen LogP contribution in [0.5, 0.6) is 0 Å². The number of nitrogens with one attached hydrogen (secondary N) is 1. The van der Waals surface area contributed by atoms with E-state index in [4.69, 9.17) is 16.0 Å². The van der Waals surface area contributed by atoms with Gasteiger partial charge >= 0.3 is 5.63 Å². The van der Waals surface area contributed by atoms with Crippen molar-refractivity contribution in [3.63, 3.8) is 0 Å². The van der Waals surface area contributed by atoms with E-state index in [0.717, 1.165) is 22.1 Å². The molecule has 6 heteroatoms. The molecule has 3 aromatic rings. The molecular weight excluding hydrogens is 364 g/mol. The molecule has 0 bridgehead atoms. The van der Waals surface area contributed by atoms with Crippen LogP contribution in [0.1, 0.15) is 16.7 Å². The van der Waals surface area contributed by atoms with Gasteiger partial charge in [0.1, 0.15) is 5.58 Å². The molecule has 2 aromatic carbocycles. The monoisotopic (exact) mass is 384 g/mol. The van der Waals surface area contributed by atoms with Gasteiger partial charge in [0.25, 0.3) is 0 Å². The number of halogens is 1. The summed E-state index contributed by atoms with van der Waals surface area (Å²) in [6.07, 6.45) is 0. The average Bonchev–Trinajstić information content (AvgIpc) is 2.58. The van der Waals surface area contributed by atoms with Crippen molar-refractivity contribution < 1.29 is 9.21 Å². The molecule has 0 aliphatic heterocycles. The van der Waals surface area contributed by atoms with Crippen molar-refractivity contribution in [3.05, 3.63) is 74.6 Å². The van der Waals surface area contributed by atoms with E-state index >= 15 is 0 Å². The number of carbonyl (C=O) groups is 1. The second kappa shape index (κ2) is 7.94. The summed E-state index contributed by atoms with van der Waals surface area (Å²) in [4.78, 5) is 26.0. The Morgan fingerprint density at radius 2 is 1.85 bits per heavy atom. The zero-order valence-corrected chi connectivity index (χ0v) is 16.3. The first-order chi connectivity index (χ1) is 12.8. The van der Waals surface area contributed by atoms with E-state index in [0.29, 0.717) is 22.8 Å². The molecule has 5 nitrogen and oxygen atoms in total. The zero-order chi connectivity index (χ0) is 19.6. The SMILES string of the molecule is Cc1cc2oc(=O)cc(CN(C)CC(=O)Nc3ccccc3Cl)c2cc1C. The Morgan fingerprint density at radius 3 is 2.59 bits per heavy atom. The molecule has 1 heterocycles. The standard InChI is InChI=1S/C21H21ClN2O3/c1-13-8-16-15(10-21(26)27-19(16)9-14(13)2)11-24(3)12-20(25)23-18-7-5-4-6-17(18)22/h4-10H,11-12H2,1-3H3,(H,23,25). The van der Waals surface area contributed by atoms with Gasteiger partial charge in [0.15, 0.2) is 0 Å². The van der Waals surface area contributed by atoms with Crippen LogP contribution in [0.25, 0.3) is 11.0 Å². The number of para-hydroxylation sites is 1. The lowest BCUT2D eigenvalue weighted by atomic mass is 10.0. The molecule has 0 aliphatic carbocycles. The van der Waals surface area contributed by atoms with Crippen LogP contribution in [0.4, 0.5) is 5.69 Å². The number of benzene rings is 2. The molecule has 1 amide bonds. The van der Waals surface area contributed by atoms with Crippen LogP contribution in [0.15, 0.2) is 51.7 Å². The highest BCUT2D eigenvalue weighted by Crippen LogP contribution is 2.23. The molecule has 0 unspecified atom stereocenters. The molecule has 27 heavy (non-hydrogen) atoms. The topological polar surface area (TPSA) is 62.6 Å². The summed E-state index contributed by atoms with van der Waals surface area (Å²) in [5.74, 6) is -0.176. The molecule has 3 rings (SSSR count). The first kappa shape index (κ1) is 19.1. The Morgan fingerprint density at radius 1 is 1.15 bits per heavy atom. The van der Waals surface area contributed by atoms with Crippen molar-refractivity contribution in [2.75, 3.05) is 18.9 Å². The summed E-state index contributed by atoms with van der Waals surface area (Å²) < 4.78 is 5.32. The molecule has 0 aliphatic rings. The molecule has 0 radical (unpaired) electrons. The van der Waals surface area contributed by atoms with Crippen molar-refractivity contribution in [2.24, 2.45) is 0 Å². The molecule has 140 valence electrons. The Bertz CT molecular complexity index is 1060. The fourth-order valence-electron chi connectivity index (χ4n) is 2.96. The van der Waals surface area contributed by atoms with Crippen molar-refractivity contribution in [3.8, 4) is 0 Å². The van der Waals surface area contributed by atoms with Crippen LogP contribution in [-0.2, 0) is 11.3 Å². The van der Waals surface area contributed by atoms with Gasteiger partial charge in [0.2, 0.25) is 5.91 Å². The molecule has 0 fully saturated rings. The Balaban J connectivity index is 1.77. The number of carbonyl (C=O) groups excluding carboxylic acids is 1. The quantitative estimate of drug-likeness (QED) is 0.672. The van der Waals surface area contributed by atoms with Crippen LogP contribution in [-0.4, -0.2) is 24.4 Å². The second-order valence-corrected chi connectivity index (χ2v) is 7.13. The Hall–Kier alpha value is -2.63. The van der Waals surface area contributed by atoms with Gasteiger partial charge in [-0.25, -0.2) is 4.79 Å².